The summed E-state index contributed by atoms with van der Waals surface area (Å²) in [5, 5.41) is 3.26. The Balaban J connectivity index is 2.49. The SMILES string of the molecule is CNC(c1cccc(F)c1)c1cccc(C)c1I. The average Bonchev–Trinajstić information content (AvgIpc) is 2.35. The van der Waals surface area contributed by atoms with Crippen molar-refractivity contribution in [3.05, 3.63) is 68.5 Å². The van der Waals surface area contributed by atoms with Crippen LogP contribution in [0, 0.1) is 16.3 Å². The van der Waals surface area contributed by atoms with E-state index in [4.69, 9.17) is 0 Å². The number of halogens is 2. The van der Waals surface area contributed by atoms with Crippen molar-refractivity contribution in [2.24, 2.45) is 0 Å². The molecule has 0 heterocycles. The normalized spacial score (nSPS) is 12.4. The third-order valence-corrected chi connectivity index (χ3v) is 4.48. The fourth-order valence-electron chi connectivity index (χ4n) is 2.08. The zero-order valence-electron chi connectivity index (χ0n) is 10.4. The maximum atomic E-state index is 13.3. The van der Waals surface area contributed by atoms with Gasteiger partial charge in [0.25, 0.3) is 0 Å². The fraction of sp³-hybridized carbons (Fsp3) is 0.200. The molecule has 0 fully saturated rings. The van der Waals surface area contributed by atoms with Crippen molar-refractivity contribution in [2.75, 3.05) is 7.05 Å². The summed E-state index contributed by atoms with van der Waals surface area (Å²) >= 11 is 2.35. The molecule has 2 rings (SSSR count). The first-order valence-corrected chi connectivity index (χ1v) is 6.89. The Morgan fingerprint density at radius 2 is 1.89 bits per heavy atom. The van der Waals surface area contributed by atoms with E-state index < -0.39 is 0 Å². The summed E-state index contributed by atoms with van der Waals surface area (Å²) in [5.41, 5.74) is 3.37. The lowest BCUT2D eigenvalue weighted by Crippen LogP contribution is -2.19. The summed E-state index contributed by atoms with van der Waals surface area (Å²) in [6.45, 7) is 2.09. The Labute approximate surface area is 121 Å². The number of hydrogen-bond acceptors (Lipinski definition) is 1. The first kappa shape index (κ1) is 13.5. The van der Waals surface area contributed by atoms with Crippen LogP contribution in [-0.4, -0.2) is 7.05 Å². The summed E-state index contributed by atoms with van der Waals surface area (Å²) < 4.78 is 14.6. The minimum atomic E-state index is -0.199. The largest absolute Gasteiger partial charge is 0.309 e. The highest BCUT2D eigenvalue weighted by Gasteiger charge is 2.15. The number of rotatable bonds is 3. The number of nitrogens with one attached hydrogen (secondary N) is 1. The van der Waals surface area contributed by atoms with Crippen molar-refractivity contribution >= 4 is 22.6 Å². The van der Waals surface area contributed by atoms with Crippen molar-refractivity contribution < 1.29 is 4.39 Å². The lowest BCUT2D eigenvalue weighted by atomic mass is 9.97. The van der Waals surface area contributed by atoms with Gasteiger partial charge in [-0.2, -0.15) is 0 Å². The minimum Gasteiger partial charge on any atom is -0.309 e. The molecule has 3 heteroatoms. The van der Waals surface area contributed by atoms with Crippen molar-refractivity contribution in [1.29, 1.82) is 0 Å². The first-order valence-electron chi connectivity index (χ1n) is 5.81. The third-order valence-electron chi connectivity index (χ3n) is 3.00. The van der Waals surface area contributed by atoms with Crippen LogP contribution in [-0.2, 0) is 0 Å². The molecule has 94 valence electrons. The maximum absolute atomic E-state index is 13.3. The molecule has 0 saturated heterocycles. The first-order chi connectivity index (χ1) is 8.63. The molecule has 0 aliphatic rings. The van der Waals surface area contributed by atoms with Crippen molar-refractivity contribution in [3.63, 3.8) is 0 Å². The van der Waals surface area contributed by atoms with Gasteiger partial charge in [-0.05, 0) is 65.4 Å². The second-order valence-electron chi connectivity index (χ2n) is 4.25. The summed E-state index contributed by atoms with van der Waals surface area (Å²) in [7, 11) is 1.90. The highest BCUT2D eigenvalue weighted by atomic mass is 127. The van der Waals surface area contributed by atoms with E-state index in [-0.39, 0.29) is 11.9 Å². The van der Waals surface area contributed by atoms with Gasteiger partial charge in [-0.25, -0.2) is 4.39 Å². The zero-order chi connectivity index (χ0) is 13.1. The van der Waals surface area contributed by atoms with Crippen LogP contribution >= 0.6 is 22.6 Å². The molecule has 2 aromatic rings. The molecular formula is C15H15FIN. The molecule has 0 saturated carbocycles. The molecule has 0 aliphatic heterocycles. The standard InChI is InChI=1S/C15H15FIN/c1-10-5-3-8-13(14(10)17)15(18-2)11-6-4-7-12(16)9-11/h3-9,15,18H,1-2H3. The predicted octanol–water partition coefficient (Wildman–Crippen LogP) is 4.05. The molecular weight excluding hydrogens is 340 g/mol. The van der Waals surface area contributed by atoms with Crippen LogP contribution in [0.4, 0.5) is 4.39 Å². The highest BCUT2D eigenvalue weighted by Crippen LogP contribution is 2.28. The van der Waals surface area contributed by atoms with Crippen LogP contribution < -0.4 is 5.32 Å². The molecule has 0 radical (unpaired) electrons. The van der Waals surface area contributed by atoms with Crippen molar-refractivity contribution in [3.8, 4) is 0 Å². The van der Waals surface area contributed by atoms with E-state index in [2.05, 4.69) is 47.0 Å². The van der Waals surface area contributed by atoms with Gasteiger partial charge in [0, 0.05) is 3.57 Å². The second kappa shape index (κ2) is 5.80. The Bertz CT molecular complexity index is 554. The molecule has 1 unspecified atom stereocenters. The lowest BCUT2D eigenvalue weighted by molar-refractivity contribution is 0.616. The van der Waals surface area contributed by atoms with Crippen LogP contribution in [0.15, 0.2) is 42.5 Å². The van der Waals surface area contributed by atoms with Gasteiger partial charge in [-0.1, -0.05) is 30.3 Å². The summed E-state index contributed by atoms with van der Waals surface area (Å²) in [6.07, 6.45) is 0. The summed E-state index contributed by atoms with van der Waals surface area (Å²) in [4.78, 5) is 0. The van der Waals surface area contributed by atoms with E-state index in [1.807, 2.05) is 19.2 Å². The van der Waals surface area contributed by atoms with E-state index in [9.17, 15) is 4.39 Å². The van der Waals surface area contributed by atoms with Crippen molar-refractivity contribution in [2.45, 2.75) is 13.0 Å². The third kappa shape index (κ3) is 2.72. The molecule has 0 spiro atoms. The molecule has 0 amide bonds. The van der Waals surface area contributed by atoms with Crippen LogP contribution in [0.2, 0.25) is 0 Å². The van der Waals surface area contributed by atoms with Gasteiger partial charge >= 0.3 is 0 Å². The molecule has 0 aromatic heterocycles. The van der Waals surface area contributed by atoms with Crippen LogP contribution in [0.25, 0.3) is 0 Å². The van der Waals surface area contributed by atoms with Crippen LogP contribution in [0.3, 0.4) is 0 Å². The molecule has 1 nitrogen and oxygen atoms in total. The topological polar surface area (TPSA) is 12.0 Å². The Kier molecular flexibility index (Phi) is 4.35. The van der Waals surface area contributed by atoms with E-state index in [1.54, 1.807) is 12.1 Å². The molecule has 0 aliphatic carbocycles. The predicted molar refractivity (Wildman–Crippen MR) is 81.2 cm³/mol. The molecule has 1 atom stereocenters. The molecule has 0 bridgehead atoms. The Hall–Kier alpha value is -0.940. The van der Waals surface area contributed by atoms with E-state index in [0.29, 0.717) is 0 Å². The zero-order valence-corrected chi connectivity index (χ0v) is 12.5. The quantitative estimate of drug-likeness (QED) is 0.820. The monoisotopic (exact) mass is 355 g/mol. The van der Waals surface area contributed by atoms with Crippen LogP contribution in [0.1, 0.15) is 22.7 Å². The van der Waals surface area contributed by atoms with Gasteiger partial charge in [0.05, 0.1) is 6.04 Å². The summed E-state index contributed by atoms with van der Waals surface area (Å²) in [6, 6.07) is 13.0. The van der Waals surface area contributed by atoms with E-state index >= 15 is 0 Å². The van der Waals surface area contributed by atoms with Gasteiger partial charge in [0.2, 0.25) is 0 Å². The van der Waals surface area contributed by atoms with Gasteiger partial charge < -0.3 is 5.32 Å². The van der Waals surface area contributed by atoms with Crippen molar-refractivity contribution in [1.82, 2.24) is 5.32 Å². The number of hydrogen-bond donors (Lipinski definition) is 1. The molecule has 1 N–H and O–H groups in total. The highest BCUT2D eigenvalue weighted by molar-refractivity contribution is 14.1. The van der Waals surface area contributed by atoms with Gasteiger partial charge in [0.15, 0.2) is 0 Å². The second-order valence-corrected chi connectivity index (χ2v) is 5.33. The number of aryl methyl sites for hydroxylation is 1. The van der Waals surface area contributed by atoms with E-state index in [0.717, 1.165) is 5.56 Å². The maximum Gasteiger partial charge on any atom is 0.123 e. The fourth-order valence-corrected chi connectivity index (χ4v) is 2.75. The summed E-state index contributed by atoms with van der Waals surface area (Å²) in [5.74, 6) is -0.199. The Morgan fingerprint density at radius 3 is 2.56 bits per heavy atom. The smallest absolute Gasteiger partial charge is 0.123 e. The van der Waals surface area contributed by atoms with E-state index in [1.165, 1.54) is 20.8 Å². The lowest BCUT2D eigenvalue weighted by Gasteiger charge is -2.19. The van der Waals surface area contributed by atoms with Gasteiger partial charge in [-0.15, -0.1) is 0 Å². The van der Waals surface area contributed by atoms with Crippen LogP contribution in [0.5, 0.6) is 0 Å². The molecule has 18 heavy (non-hydrogen) atoms. The Morgan fingerprint density at radius 1 is 1.17 bits per heavy atom. The molecule has 2 aromatic carbocycles. The van der Waals surface area contributed by atoms with Gasteiger partial charge in [-0.3, -0.25) is 0 Å². The number of benzene rings is 2. The average molecular weight is 355 g/mol. The van der Waals surface area contributed by atoms with Gasteiger partial charge in [0.1, 0.15) is 5.82 Å². The minimum absolute atomic E-state index is 0.0208.